The highest BCUT2D eigenvalue weighted by Crippen LogP contribution is 2.25. The van der Waals surface area contributed by atoms with E-state index in [1.54, 1.807) is 0 Å². The zero-order chi connectivity index (χ0) is 14.6. The van der Waals surface area contributed by atoms with Gasteiger partial charge in [-0.2, -0.15) is 0 Å². The van der Waals surface area contributed by atoms with Crippen molar-refractivity contribution in [1.82, 2.24) is 0 Å². The molecule has 0 radical (unpaired) electrons. The summed E-state index contributed by atoms with van der Waals surface area (Å²) in [4.78, 5) is 20.7. The minimum absolute atomic E-state index is 0.0238. The van der Waals surface area contributed by atoms with E-state index < -0.39 is 35.2 Å². The summed E-state index contributed by atoms with van der Waals surface area (Å²) >= 11 is 0. The van der Waals surface area contributed by atoms with Crippen molar-refractivity contribution < 1.29 is 25.0 Å². The maximum absolute atomic E-state index is 10.9. The summed E-state index contributed by atoms with van der Waals surface area (Å²) in [5.41, 5.74) is 4.90. The fourth-order valence-electron chi connectivity index (χ4n) is 1.60. The second-order valence-electron chi connectivity index (χ2n) is 3.96. The minimum Gasteiger partial charge on any atom is -0.481 e. The smallest absolute Gasteiger partial charge is 0.308 e. The van der Waals surface area contributed by atoms with Crippen LogP contribution in [0.2, 0.25) is 0 Å². The highest BCUT2D eigenvalue weighted by molar-refractivity contribution is 5.72. The molecule has 2 unspecified atom stereocenters. The maximum atomic E-state index is 10.9. The second-order valence-corrected chi connectivity index (χ2v) is 3.96. The standard InChI is InChI=1S/C11H14N2O6/c12-5-9(14)11(17)7-2-1-6(4-10(15)16)8(3-7)13(18)19/h1-3,9,11,14,17H,4-5,12H2,(H,15,16). The van der Waals surface area contributed by atoms with Gasteiger partial charge >= 0.3 is 5.97 Å². The Bertz CT molecular complexity index is 490. The monoisotopic (exact) mass is 270 g/mol. The van der Waals surface area contributed by atoms with Crippen molar-refractivity contribution in [3.8, 4) is 0 Å². The number of aliphatic hydroxyl groups is 2. The van der Waals surface area contributed by atoms with Gasteiger partial charge in [0.15, 0.2) is 0 Å². The van der Waals surface area contributed by atoms with Crippen molar-refractivity contribution in [2.45, 2.75) is 18.6 Å². The number of benzene rings is 1. The summed E-state index contributed by atoms with van der Waals surface area (Å²) < 4.78 is 0. The molecule has 0 amide bonds. The van der Waals surface area contributed by atoms with Gasteiger partial charge in [-0.3, -0.25) is 14.9 Å². The molecule has 1 aromatic carbocycles. The summed E-state index contributed by atoms with van der Waals surface area (Å²) in [6, 6.07) is 3.62. The number of carboxylic acid groups (broad SMARTS) is 1. The number of nitrogens with zero attached hydrogens (tertiary/aromatic N) is 1. The molecule has 8 nitrogen and oxygen atoms in total. The molecule has 0 aromatic heterocycles. The molecule has 2 atom stereocenters. The zero-order valence-corrected chi connectivity index (χ0v) is 9.89. The molecule has 0 spiro atoms. The first-order chi connectivity index (χ1) is 8.86. The maximum Gasteiger partial charge on any atom is 0.308 e. The van der Waals surface area contributed by atoms with Crippen molar-refractivity contribution in [2.24, 2.45) is 5.73 Å². The van der Waals surface area contributed by atoms with E-state index in [4.69, 9.17) is 10.8 Å². The van der Waals surface area contributed by atoms with Crippen molar-refractivity contribution in [1.29, 1.82) is 0 Å². The number of hydrogen-bond acceptors (Lipinski definition) is 6. The molecule has 104 valence electrons. The average molecular weight is 270 g/mol. The molecule has 0 heterocycles. The Morgan fingerprint density at radius 3 is 2.53 bits per heavy atom. The highest BCUT2D eigenvalue weighted by Gasteiger charge is 2.22. The van der Waals surface area contributed by atoms with E-state index in [9.17, 15) is 25.1 Å². The van der Waals surface area contributed by atoms with Crippen LogP contribution in [0, 0.1) is 10.1 Å². The van der Waals surface area contributed by atoms with Gasteiger partial charge in [0.2, 0.25) is 0 Å². The third-order valence-electron chi connectivity index (χ3n) is 2.60. The third kappa shape index (κ3) is 3.71. The number of hydrogen-bond donors (Lipinski definition) is 4. The Labute approximate surface area is 108 Å². The lowest BCUT2D eigenvalue weighted by atomic mass is 10.00. The Morgan fingerprint density at radius 1 is 1.42 bits per heavy atom. The van der Waals surface area contributed by atoms with Crippen LogP contribution in [0.15, 0.2) is 18.2 Å². The van der Waals surface area contributed by atoms with Gasteiger partial charge < -0.3 is 21.1 Å². The van der Waals surface area contributed by atoms with E-state index in [1.165, 1.54) is 12.1 Å². The number of carboxylic acids is 1. The summed E-state index contributed by atoms with van der Waals surface area (Å²) in [6.45, 7) is -0.203. The highest BCUT2D eigenvalue weighted by atomic mass is 16.6. The lowest BCUT2D eigenvalue weighted by Gasteiger charge is -2.16. The van der Waals surface area contributed by atoms with E-state index in [2.05, 4.69) is 0 Å². The van der Waals surface area contributed by atoms with Crippen molar-refractivity contribution in [2.75, 3.05) is 6.54 Å². The molecular weight excluding hydrogens is 256 g/mol. The van der Waals surface area contributed by atoms with Crippen molar-refractivity contribution in [3.63, 3.8) is 0 Å². The van der Waals surface area contributed by atoms with Gasteiger partial charge in [-0.25, -0.2) is 0 Å². The number of aliphatic carboxylic acids is 1. The number of nitro benzene ring substituents is 1. The molecule has 19 heavy (non-hydrogen) atoms. The molecule has 0 aliphatic heterocycles. The number of nitro groups is 1. The zero-order valence-electron chi connectivity index (χ0n) is 9.89. The molecule has 8 heteroatoms. The van der Waals surface area contributed by atoms with Crippen LogP contribution in [0.3, 0.4) is 0 Å². The number of carbonyl (C=O) groups is 1. The van der Waals surface area contributed by atoms with Crippen LogP contribution >= 0.6 is 0 Å². The topological polar surface area (TPSA) is 147 Å². The largest absolute Gasteiger partial charge is 0.481 e. The predicted molar refractivity (Wildman–Crippen MR) is 64.5 cm³/mol. The SMILES string of the molecule is NCC(O)C(O)c1ccc(CC(=O)O)c([N+](=O)[O-])c1. The molecule has 1 rings (SSSR count). The van der Waals surface area contributed by atoms with Crippen LogP contribution in [0.25, 0.3) is 0 Å². The van der Waals surface area contributed by atoms with Gasteiger partial charge in [0.25, 0.3) is 5.69 Å². The van der Waals surface area contributed by atoms with Gasteiger partial charge in [0, 0.05) is 18.2 Å². The van der Waals surface area contributed by atoms with Gasteiger partial charge in [-0.05, 0) is 5.56 Å². The van der Waals surface area contributed by atoms with E-state index in [-0.39, 0.29) is 17.7 Å². The molecule has 0 saturated heterocycles. The Kier molecular flexibility index (Phi) is 4.93. The Hall–Kier alpha value is -2.03. The molecule has 0 saturated carbocycles. The number of nitrogens with two attached hydrogens (primary N) is 1. The van der Waals surface area contributed by atoms with Crippen LogP contribution in [-0.4, -0.2) is 38.9 Å². The quantitative estimate of drug-likeness (QED) is 0.405. The summed E-state index contributed by atoms with van der Waals surface area (Å²) in [6.07, 6.45) is -3.10. The first-order valence-electron chi connectivity index (χ1n) is 5.42. The normalized spacial score (nSPS) is 13.8. The van der Waals surface area contributed by atoms with E-state index in [0.29, 0.717) is 0 Å². The first kappa shape index (κ1) is 15.0. The lowest BCUT2D eigenvalue weighted by Crippen LogP contribution is -2.27. The first-order valence-corrected chi connectivity index (χ1v) is 5.42. The molecule has 0 fully saturated rings. The predicted octanol–water partition coefficient (Wildman–Crippen LogP) is -0.425. The summed E-state index contributed by atoms with van der Waals surface area (Å²) in [5, 5.41) is 38.6. The molecule has 5 N–H and O–H groups in total. The van der Waals surface area contributed by atoms with Gasteiger partial charge in [0.05, 0.1) is 17.4 Å². The molecule has 0 aliphatic carbocycles. The summed E-state index contributed by atoms with van der Waals surface area (Å²) in [5.74, 6) is -1.20. The van der Waals surface area contributed by atoms with E-state index in [1.807, 2.05) is 0 Å². The second kappa shape index (κ2) is 6.23. The number of aliphatic hydroxyl groups excluding tert-OH is 2. The molecule has 0 bridgehead atoms. The van der Waals surface area contributed by atoms with Crippen LogP contribution in [-0.2, 0) is 11.2 Å². The third-order valence-corrected chi connectivity index (χ3v) is 2.60. The molecule has 0 aliphatic rings. The Balaban J connectivity index is 3.15. The van der Waals surface area contributed by atoms with Crippen LogP contribution in [0.4, 0.5) is 5.69 Å². The van der Waals surface area contributed by atoms with E-state index >= 15 is 0 Å². The van der Waals surface area contributed by atoms with Gasteiger partial charge in [0.1, 0.15) is 6.10 Å². The fourth-order valence-corrected chi connectivity index (χ4v) is 1.60. The Morgan fingerprint density at radius 2 is 2.05 bits per heavy atom. The fraction of sp³-hybridized carbons (Fsp3) is 0.364. The van der Waals surface area contributed by atoms with Crippen molar-refractivity contribution >= 4 is 11.7 Å². The molecule has 1 aromatic rings. The van der Waals surface area contributed by atoms with Crippen molar-refractivity contribution in [3.05, 3.63) is 39.4 Å². The van der Waals surface area contributed by atoms with Gasteiger partial charge in [-0.15, -0.1) is 0 Å². The van der Waals surface area contributed by atoms with Crippen LogP contribution in [0.1, 0.15) is 17.2 Å². The minimum atomic E-state index is -1.36. The number of rotatable bonds is 6. The summed E-state index contributed by atoms with van der Waals surface area (Å²) in [7, 11) is 0. The van der Waals surface area contributed by atoms with Gasteiger partial charge in [-0.1, -0.05) is 12.1 Å². The van der Waals surface area contributed by atoms with E-state index in [0.717, 1.165) is 6.07 Å². The van der Waals surface area contributed by atoms with Crippen LogP contribution in [0.5, 0.6) is 0 Å². The van der Waals surface area contributed by atoms with Crippen LogP contribution < -0.4 is 5.73 Å². The lowest BCUT2D eigenvalue weighted by molar-refractivity contribution is -0.385. The average Bonchev–Trinajstić information content (AvgIpc) is 2.36. The molecular formula is C11H14N2O6.